The molecule has 0 amide bonds. The van der Waals surface area contributed by atoms with Crippen molar-refractivity contribution in [3.63, 3.8) is 0 Å². The Bertz CT molecular complexity index is 1200. The smallest absolute Gasteiger partial charge is 0.330 e. The molecule has 0 saturated carbocycles. The van der Waals surface area contributed by atoms with Crippen LogP contribution in [0.1, 0.15) is 5.89 Å². The first-order valence-corrected chi connectivity index (χ1v) is 9.13. The molecule has 11 nitrogen and oxygen atoms in total. The first-order chi connectivity index (χ1) is 12.7. The van der Waals surface area contributed by atoms with Gasteiger partial charge < -0.3 is 9.09 Å². The van der Waals surface area contributed by atoms with Gasteiger partial charge in [0.25, 0.3) is 5.56 Å². The van der Waals surface area contributed by atoms with Crippen LogP contribution in [0.25, 0.3) is 11.5 Å². The molecule has 3 aromatic heterocycles. The maximum absolute atomic E-state index is 12.7. The average Bonchev–Trinajstić information content (AvgIpc) is 3.12. The molecule has 3 rings (SSSR count). The summed E-state index contributed by atoms with van der Waals surface area (Å²) < 4.78 is 33.2. The molecule has 0 radical (unpaired) electrons. The van der Waals surface area contributed by atoms with Crippen molar-refractivity contribution in [3.05, 3.63) is 57.3 Å². The van der Waals surface area contributed by atoms with Crippen molar-refractivity contribution >= 4 is 10.0 Å². The van der Waals surface area contributed by atoms with E-state index < -0.39 is 26.2 Å². The fourth-order valence-electron chi connectivity index (χ4n) is 2.31. The van der Waals surface area contributed by atoms with Crippen LogP contribution in [0.5, 0.6) is 0 Å². The predicted molar refractivity (Wildman–Crippen MR) is 93.1 cm³/mol. The van der Waals surface area contributed by atoms with E-state index >= 15 is 0 Å². The predicted octanol–water partition coefficient (Wildman–Crippen LogP) is -0.650. The summed E-state index contributed by atoms with van der Waals surface area (Å²) in [4.78, 5) is 31.6. The summed E-state index contributed by atoms with van der Waals surface area (Å²) in [5.74, 6) is 0.248. The number of pyridine rings is 1. The Morgan fingerprint density at radius 2 is 1.96 bits per heavy atom. The largest absolute Gasteiger partial charge is 0.337 e. The molecule has 0 aromatic carbocycles. The third-order valence-electron chi connectivity index (χ3n) is 3.82. The van der Waals surface area contributed by atoms with Crippen molar-refractivity contribution in [2.24, 2.45) is 14.1 Å². The molecule has 27 heavy (non-hydrogen) atoms. The molecule has 0 aliphatic rings. The van der Waals surface area contributed by atoms with Gasteiger partial charge in [-0.3, -0.25) is 14.3 Å². The molecule has 0 bridgehead atoms. The second-order valence-corrected chi connectivity index (χ2v) is 7.75. The van der Waals surface area contributed by atoms with Crippen LogP contribution in [-0.2, 0) is 30.7 Å². The first kappa shape index (κ1) is 18.7. The standard InChI is InChI=1S/C15H16N6O5S/c1-19-8-11(14(22)21(3)15(19)23)27(24,25)20(2)9-12-17-13(18-26-12)10-6-4-5-7-16-10/h4-8H,9H2,1-3H3. The van der Waals surface area contributed by atoms with Crippen LogP contribution in [0.4, 0.5) is 0 Å². The molecule has 0 saturated heterocycles. The zero-order valence-corrected chi connectivity index (χ0v) is 15.5. The van der Waals surface area contributed by atoms with E-state index in [9.17, 15) is 18.0 Å². The van der Waals surface area contributed by atoms with Gasteiger partial charge in [0.15, 0.2) is 4.90 Å². The fraction of sp³-hybridized carbons (Fsp3) is 0.267. The molecular formula is C15H16N6O5S. The Kier molecular flexibility index (Phi) is 4.76. The van der Waals surface area contributed by atoms with E-state index in [4.69, 9.17) is 4.52 Å². The van der Waals surface area contributed by atoms with Gasteiger partial charge in [-0.05, 0) is 12.1 Å². The Morgan fingerprint density at radius 1 is 1.22 bits per heavy atom. The van der Waals surface area contributed by atoms with Crippen molar-refractivity contribution in [1.82, 2.24) is 28.6 Å². The van der Waals surface area contributed by atoms with Crippen molar-refractivity contribution in [2.75, 3.05) is 7.05 Å². The van der Waals surface area contributed by atoms with Crippen LogP contribution < -0.4 is 11.2 Å². The van der Waals surface area contributed by atoms with E-state index in [2.05, 4.69) is 15.1 Å². The van der Waals surface area contributed by atoms with Crippen LogP contribution in [-0.4, -0.2) is 44.0 Å². The molecule has 0 fully saturated rings. The zero-order valence-electron chi connectivity index (χ0n) is 14.7. The van der Waals surface area contributed by atoms with E-state index in [1.165, 1.54) is 21.1 Å². The molecule has 3 heterocycles. The SMILES string of the molecule is CN(Cc1nc(-c2ccccn2)no1)S(=O)(=O)c1cn(C)c(=O)n(C)c1=O. The van der Waals surface area contributed by atoms with Gasteiger partial charge in [0.1, 0.15) is 5.69 Å². The summed E-state index contributed by atoms with van der Waals surface area (Å²) >= 11 is 0. The Morgan fingerprint density at radius 3 is 2.63 bits per heavy atom. The number of rotatable bonds is 5. The third-order valence-corrected chi connectivity index (χ3v) is 5.61. The van der Waals surface area contributed by atoms with E-state index in [1.807, 2.05) is 0 Å². The highest BCUT2D eigenvalue weighted by Gasteiger charge is 2.28. The van der Waals surface area contributed by atoms with Crippen molar-refractivity contribution < 1.29 is 12.9 Å². The maximum atomic E-state index is 12.7. The third kappa shape index (κ3) is 3.44. The lowest BCUT2D eigenvalue weighted by atomic mass is 10.3. The monoisotopic (exact) mass is 392 g/mol. The van der Waals surface area contributed by atoms with Crippen LogP contribution >= 0.6 is 0 Å². The van der Waals surface area contributed by atoms with Gasteiger partial charge in [-0.2, -0.15) is 9.29 Å². The molecular weight excluding hydrogens is 376 g/mol. The first-order valence-electron chi connectivity index (χ1n) is 7.69. The summed E-state index contributed by atoms with van der Waals surface area (Å²) in [6.45, 7) is -0.256. The van der Waals surface area contributed by atoms with E-state index in [0.29, 0.717) is 5.69 Å². The quantitative estimate of drug-likeness (QED) is 0.559. The van der Waals surface area contributed by atoms with Gasteiger partial charge in [-0.1, -0.05) is 11.2 Å². The molecule has 0 spiro atoms. The molecule has 0 unspecified atom stereocenters. The molecule has 0 aliphatic carbocycles. The van der Waals surface area contributed by atoms with Crippen LogP contribution in [0.3, 0.4) is 0 Å². The van der Waals surface area contributed by atoms with E-state index in [0.717, 1.165) is 19.6 Å². The number of hydrogen-bond donors (Lipinski definition) is 0. The molecule has 3 aromatic rings. The highest BCUT2D eigenvalue weighted by atomic mass is 32.2. The summed E-state index contributed by atoms with van der Waals surface area (Å²) in [5.41, 5.74) is -1.06. The number of hydrogen-bond acceptors (Lipinski definition) is 8. The van der Waals surface area contributed by atoms with Crippen molar-refractivity contribution in [1.29, 1.82) is 0 Å². The summed E-state index contributed by atoms with van der Waals surface area (Å²) in [7, 11) is -0.352. The average molecular weight is 392 g/mol. The molecule has 0 N–H and O–H groups in total. The highest BCUT2D eigenvalue weighted by Crippen LogP contribution is 2.15. The minimum absolute atomic E-state index is 0.0309. The number of aromatic nitrogens is 5. The zero-order chi connectivity index (χ0) is 19.8. The molecule has 142 valence electrons. The molecule has 0 aliphatic heterocycles. The van der Waals surface area contributed by atoms with E-state index in [-0.39, 0.29) is 18.3 Å². The number of sulfonamides is 1. The van der Waals surface area contributed by atoms with Crippen molar-refractivity contribution in [2.45, 2.75) is 11.4 Å². The normalized spacial score (nSPS) is 11.9. The van der Waals surface area contributed by atoms with Gasteiger partial charge in [-0.25, -0.2) is 13.2 Å². The summed E-state index contributed by atoms with van der Waals surface area (Å²) in [6.07, 6.45) is 2.56. The topological polar surface area (TPSA) is 133 Å². The van der Waals surface area contributed by atoms with Gasteiger partial charge in [0, 0.05) is 33.5 Å². The Labute approximate surface area is 153 Å². The summed E-state index contributed by atoms with van der Waals surface area (Å²) in [5, 5.41) is 3.77. The van der Waals surface area contributed by atoms with Crippen molar-refractivity contribution in [3.8, 4) is 11.5 Å². The summed E-state index contributed by atoms with van der Waals surface area (Å²) in [6, 6.07) is 5.17. The molecule has 12 heteroatoms. The van der Waals surface area contributed by atoms with Crippen LogP contribution in [0.15, 0.2) is 49.6 Å². The highest BCUT2D eigenvalue weighted by molar-refractivity contribution is 7.89. The lowest BCUT2D eigenvalue weighted by Crippen LogP contribution is -2.41. The second-order valence-electron chi connectivity index (χ2n) is 5.74. The van der Waals surface area contributed by atoms with Gasteiger partial charge in [0.05, 0.1) is 6.54 Å². The second kappa shape index (κ2) is 6.89. The Balaban J connectivity index is 1.91. The van der Waals surface area contributed by atoms with Crippen LogP contribution in [0, 0.1) is 0 Å². The lowest BCUT2D eigenvalue weighted by Gasteiger charge is -2.15. The van der Waals surface area contributed by atoms with E-state index in [1.54, 1.807) is 24.4 Å². The molecule has 0 atom stereocenters. The number of aryl methyl sites for hydroxylation is 1. The minimum Gasteiger partial charge on any atom is -0.337 e. The van der Waals surface area contributed by atoms with Crippen LogP contribution in [0.2, 0.25) is 0 Å². The number of nitrogens with zero attached hydrogens (tertiary/aromatic N) is 6. The fourth-order valence-corrected chi connectivity index (χ4v) is 3.58. The van der Waals surface area contributed by atoms with Gasteiger partial charge in [0.2, 0.25) is 21.7 Å². The minimum atomic E-state index is -4.19. The maximum Gasteiger partial charge on any atom is 0.330 e. The Hall–Kier alpha value is -3.12. The van der Waals surface area contributed by atoms with Gasteiger partial charge >= 0.3 is 5.69 Å². The lowest BCUT2D eigenvalue weighted by molar-refractivity contribution is 0.336. The van der Waals surface area contributed by atoms with Gasteiger partial charge in [-0.15, -0.1) is 0 Å².